The summed E-state index contributed by atoms with van der Waals surface area (Å²) >= 11 is 1.62. The van der Waals surface area contributed by atoms with Crippen LogP contribution in [-0.2, 0) is 0 Å². The largest absolute Gasteiger partial charge is 0.390 e. The number of aliphatic hydroxyl groups is 1. The third-order valence-corrected chi connectivity index (χ3v) is 7.62. The minimum absolute atomic E-state index is 0.356. The Hall–Kier alpha value is -2.19. The van der Waals surface area contributed by atoms with E-state index >= 15 is 0 Å². The molecule has 8 heteroatoms. The van der Waals surface area contributed by atoms with Crippen molar-refractivity contribution in [2.75, 3.05) is 10.6 Å². The number of rotatable bonds is 4. The van der Waals surface area contributed by atoms with Crippen molar-refractivity contribution < 1.29 is 5.11 Å². The van der Waals surface area contributed by atoms with E-state index in [1.807, 2.05) is 24.4 Å². The van der Waals surface area contributed by atoms with Crippen LogP contribution < -0.4 is 10.6 Å². The number of hydrogen-bond donors (Lipinski definition) is 4. The molecule has 3 heterocycles. The number of H-pyrrole nitrogens is 1. The molecule has 7 nitrogen and oxygen atoms in total. The van der Waals surface area contributed by atoms with Crippen LogP contribution in [0.1, 0.15) is 37.8 Å². The van der Waals surface area contributed by atoms with Crippen LogP contribution in [0.5, 0.6) is 0 Å². The lowest BCUT2D eigenvalue weighted by atomic mass is 9.52. The van der Waals surface area contributed by atoms with Crippen LogP contribution in [0.25, 0.3) is 10.2 Å². The van der Waals surface area contributed by atoms with Crippen molar-refractivity contribution in [3.8, 4) is 0 Å². The van der Waals surface area contributed by atoms with Crippen molar-refractivity contribution in [3.63, 3.8) is 0 Å². The highest BCUT2D eigenvalue weighted by atomic mass is 32.1. The fourth-order valence-corrected chi connectivity index (χ4v) is 6.75. The highest BCUT2D eigenvalue weighted by Gasteiger charge is 2.54. The maximum Gasteiger partial charge on any atom is 0.226 e. The molecule has 3 aromatic heterocycles. The van der Waals surface area contributed by atoms with E-state index in [-0.39, 0.29) is 0 Å². The molecule has 146 valence electrons. The Labute approximate surface area is 167 Å². The van der Waals surface area contributed by atoms with Crippen molar-refractivity contribution >= 4 is 39.1 Å². The van der Waals surface area contributed by atoms with E-state index in [4.69, 9.17) is 9.97 Å². The normalized spacial score (nSPS) is 33.5. The molecule has 0 aromatic carbocycles. The van der Waals surface area contributed by atoms with Gasteiger partial charge in [-0.3, -0.25) is 5.10 Å². The van der Waals surface area contributed by atoms with E-state index < -0.39 is 5.60 Å². The molecule has 0 radical (unpaired) electrons. The van der Waals surface area contributed by atoms with Crippen molar-refractivity contribution in [3.05, 3.63) is 23.2 Å². The number of anilines is 3. The monoisotopic (exact) mass is 396 g/mol. The van der Waals surface area contributed by atoms with Crippen LogP contribution in [0.2, 0.25) is 0 Å². The fourth-order valence-electron chi connectivity index (χ4n) is 5.98. The molecule has 2 atom stereocenters. The number of fused-ring (bicyclic) bond motifs is 1. The third kappa shape index (κ3) is 2.69. The summed E-state index contributed by atoms with van der Waals surface area (Å²) in [7, 11) is 0. The molecule has 4 fully saturated rings. The Kier molecular flexibility index (Phi) is 3.53. The Morgan fingerprint density at radius 2 is 2.04 bits per heavy atom. The van der Waals surface area contributed by atoms with E-state index in [0.717, 1.165) is 46.8 Å². The lowest BCUT2D eigenvalue weighted by Gasteiger charge is -2.58. The number of thiophene rings is 1. The number of aryl methyl sites for hydroxylation is 1. The summed E-state index contributed by atoms with van der Waals surface area (Å²) in [6.07, 6.45) is 5.26. The van der Waals surface area contributed by atoms with Gasteiger partial charge in [-0.25, -0.2) is 4.98 Å². The SMILES string of the molecule is Cc1cc(Nc2nc(NC3C4CC5CC3CC(O)(C5)C4)nc3sccc23)n[nH]1. The second kappa shape index (κ2) is 5.90. The Balaban J connectivity index is 1.31. The van der Waals surface area contributed by atoms with Gasteiger partial charge in [-0.2, -0.15) is 10.1 Å². The highest BCUT2D eigenvalue weighted by Crippen LogP contribution is 2.56. The molecule has 0 amide bonds. The molecule has 0 spiro atoms. The van der Waals surface area contributed by atoms with Gasteiger partial charge in [0.05, 0.1) is 11.0 Å². The van der Waals surface area contributed by atoms with Crippen molar-refractivity contribution in [2.24, 2.45) is 17.8 Å². The summed E-state index contributed by atoms with van der Waals surface area (Å²) < 4.78 is 0. The van der Waals surface area contributed by atoms with E-state index in [2.05, 4.69) is 20.8 Å². The van der Waals surface area contributed by atoms with Gasteiger partial charge in [0.25, 0.3) is 0 Å². The molecule has 28 heavy (non-hydrogen) atoms. The van der Waals surface area contributed by atoms with Crippen LogP contribution in [0, 0.1) is 24.7 Å². The van der Waals surface area contributed by atoms with E-state index in [0.29, 0.717) is 29.7 Å². The topological polar surface area (TPSA) is 98.8 Å². The van der Waals surface area contributed by atoms with Gasteiger partial charge in [0, 0.05) is 17.8 Å². The smallest absolute Gasteiger partial charge is 0.226 e. The minimum Gasteiger partial charge on any atom is -0.390 e. The number of nitrogens with zero attached hydrogens (tertiary/aromatic N) is 3. The lowest BCUT2D eigenvalue weighted by Crippen LogP contribution is -2.59. The van der Waals surface area contributed by atoms with Gasteiger partial charge in [0.1, 0.15) is 10.6 Å². The standard InChI is InChI=1S/C20H24N6OS/c1-10-4-15(26-25-10)21-17-14-2-3-28-18(14)24-19(23-17)22-16-12-5-11-6-13(16)9-20(27,7-11)8-12/h2-4,11-13,16,27H,5-9H2,1H3,(H3,21,22,23,24,25,26). The molecule has 4 aliphatic carbocycles. The minimum atomic E-state index is -0.419. The quantitative estimate of drug-likeness (QED) is 0.535. The summed E-state index contributed by atoms with van der Waals surface area (Å²) in [4.78, 5) is 10.5. The molecular formula is C20H24N6OS. The van der Waals surface area contributed by atoms with Crippen molar-refractivity contribution in [1.82, 2.24) is 20.2 Å². The zero-order valence-electron chi connectivity index (χ0n) is 15.8. The maximum absolute atomic E-state index is 10.8. The second-order valence-electron chi connectivity index (χ2n) is 8.96. The van der Waals surface area contributed by atoms with Gasteiger partial charge in [-0.15, -0.1) is 11.3 Å². The highest BCUT2D eigenvalue weighted by molar-refractivity contribution is 7.16. The number of aromatic amines is 1. The molecule has 4 saturated carbocycles. The van der Waals surface area contributed by atoms with E-state index in [1.54, 1.807) is 11.3 Å². The molecule has 0 saturated heterocycles. The van der Waals surface area contributed by atoms with Crippen LogP contribution in [0.3, 0.4) is 0 Å². The molecule has 4 N–H and O–H groups in total. The first-order chi connectivity index (χ1) is 13.5. The molecule has 7 rings (SSSR count). The van der Waals surface area contributed by atoms with Crippen molar-refractivity contribution in [2.45, 2.75) is 50.7 Å². The van der Waals surface area contributed by atoms with Crippen LogP contribution in [0.4, 0.5) is 17.6 Å². The maximum atomic E-state index is 10.8. The van der Waals surface area contributed by atoms with Crippen LogP contribution >= 0.6 is 11.3 Å². The average Bonchev–Trinajstić information content (AvgIpc) is 3.25. The number of nitrogens with one attached hydrogen (secondary N) is 3. The summed E-state index contributed by atoms with van der Waals surface area (Å²) in [6.45, 7) is 1.98. The van der Waals surface area contributed by atoms with Gasteiger partial charge in [-0.1, -0.05) is 0 Å². The van der Waals surface area contributed by atoms with Crippen LogP contribution in [-0.4, -0.2) is 36.9 Å². The lowest BCUT2D eigenvalue weighted by molar-refractivity contribution is -0.129. The summed E-state index contributed by atoms with van der Waals surface area (Å²) in [5.74, 6) is 3.94. The van der Waals surface area contributed by atoms with Gasteiger partial charge in [-0.05, 0) is 68.2 Å². The Morgan fingerprint density at radius 1 is 1.21 bits per heavy atom. The predicted octanol–water partition coefficient (Wildman–Crippen LogP) is 3.82. The third-order valence-electron chi connectivity index (χ3n) is 6.81. The second-order valence-corrected chi connectivity index (χ2v) is 9.86. The summed E-state index contributed by atoms with van der Waals surface area (Å²) in [6, 6.07) is 4.37. The zero-order chi connectivity index (χ0) is 18.9. The number of aromatic nitrogens is 4. The Bertz CT molecular complexity index is 1030. The molecule has 4 aliphatic rings. The first-order valence-corrected chi connectivity index (χ1v) is 11.0. The van der Waals surface area contributed by atoms with Gasteiger partial charge >= 0.3 is 0 Å². The van der Waals surface area contributed by atoms with Crippen LogP contribution in [0.15, 0.2) is 17.5 Å². The molecule has 2 unspecified atom stereocenters. The molecule has 4 bridgehead atoms. The van der Waals surface area contributed by atoms with Gasteiger partial charge in [0.2, 0.25) is 5.95 Å². The zero-order valence-corrected chi connectivity index (χ0v) is 16.6. The first kappa shape index (κ1) is 16.7. The van der Waals surface area contributed by atoms with E-state index in [9.17, 15) is 5.11 Å². The van der Waals surface area contributed by atoms with Crippen molar-refractivity contribution in [1.29, 1.82) is 0 Å². The first-order valence-electron chi connectivity index (χ1n) is 10.1. The predicted molar refractivity (Wildman–Crippen MR) is 110 cm³/mol. The fraction of sp³-hybridized carbons (Fsp3) is 0.550. The van der Waals surface area contributed by atoms with Gasteiger partial charge < -0.3 is 15.7 Å². The number of hydrogen-bond acceptors (Lipinski definition) is 7. The van der Waals surface area contributed by atoms with E-state index in [1.165, 1.54) is 12.8 Å². The molecular weight excluding hydrogens is 372 g/mol. The molecule has 0 aliphatic heterocycles. The molecule has 3 aromatic rings. The summed E-state index contributed by atoms with van der Waals surface area (Å²) in [5.41, 5.74) is 0.584. The van der Waals surface area contributed by atoms with Gasteiger partial charge in [0.15, 0.2) is 5.82 Å². The summed E-state index contributed by atoms with van der Waals surface area (Å²) in [5, 5.41) is 28.1. The average molecular weight is 397 g/mol. The Morgan fingerprint density at radius 3 is 2.75 bits per heavy atom.